The average molecular weight is 272 g/mol. The normalized spacial score (nSPS) is 32.7. The Balaban J connectivity index is 1.94. The first-order valence-electron chi connectivity index (χ1n) is 7.59. The molecule has 1 fully saturated rings. The Morgan fingerprint density at radius 3 is 3.10 bits per heavy atom. The van der Waals surface area contributed by atoms with E-state index in [0.29, 0.717) is 6.42 Å². The number of benzene rings is 1. The van der Waals surface area contributed by atoms with Crippen LogP contribution in [0, 0.1) is 5.92 Å². The third kappa shape index (κ3) is 1.33. The van der Waals surface area contributed by atoms with Gasteiger partial charge < -0.3 is 9.47 Å². The SMILES string of the molecule is CCC(=O)C1Oc2c(OC)ccc3c2C12CCC(C3)C2. The lowest BCUT2D eigenvalue weighted by molar-refractivity contribution is -0.127. The number of ether oxygens (including phenoxy) is 2. The molecule has 1 spiro atoms. The van der Waals surface area contributed by atoms with Crippen LogP contribution in [-0.2, 0) is 16.6 Å². The molecule has 3 heteroatoms. The second-order valence-corrected chi connectivity index (χ2v) is 6.42. The number of Topliss-reactive ketones (excluding diaryl/α,β-unsaturated/α-hetero) is 1. The van der Waals surface area contributed by atoms with Gasteiger partial charge >= 0.3 is 0 Å². The summed E-state index contributed by atoms with van der Waals surface area (Å²) in [5, 5.41) is 0. The predicted molar refractivity (Wildman–Crippen MR) is 75.4 cm³/mol. The summed E-state index contributed by atoms with van der Waals surface area (Å²) >= 11 is 0. The zero-order valence-electron chi connectivity index (χ0n) is 12.1. The molecule has 0 N–H and O–H groups in total. The van der Waals surface area contributed by atoms with Gasteiger partial charge in [-0.25, -0.2) is 0 Å². The lowest BCUT2D eigenvalue weighted by Crippen LogP contribution is -2.43. The molecule has 1 saturated carbocycles. The number of hydrogen-bond acceptors (Lipinski definition) is 3. The van der Waals surface area contributed by atoms with Gasteiger partial charge in [-0.05, 0) is 43.2 Å². The Hall–Kier alpha value is -1.51. The highest BCUT2D eigenvalue weighted by molar-refractivity contribution is 5.87. The van der Waals surface area contributed by atoms with Crippen LogP contribution in [0.1, 0.15) is 43.7 Å². The molecule has 106 valence electrons. The van der Waals surface area contributed by atoms with Crippen molar-refractivity contribution in [3.8, 4) is 11.5 Å². The van der Waals surface area contributed by atoms with Crippen LogP contribution < -0.4 is 9.47 Å². The number of methoxy groups -OCH3 is 1. The Kier molecular flexibility index (Phi) is 2.45. The van der Waals surface area contributed by atoms with Gasteiger partial charge in [0.1, 0.15) is 0 Å². The minimum absolute atomic E-state index is 0.0603. The van der Waals surface area contributed by atoms with E-state index in [9.17, 15) is 4.79 Å². The molecule has 0 saturated heterocycles. The van der Waals surface area contributed by atoms with Crippen LogP contribution in [0.3, 0.4) is 0 Å². The molecule has 2 aliphatic carbocycles. The second-order valence-electron chi connectivity index (χ2n) is 6.42. The number of carbonyl (C=O) groups excluding carboxylic acids is 1. The molecule has 4 rings (SSSR count). The average Bonchev–Trinajstić information content (AvgIpc) is 2.99. The minimum atomic E-state index is -0.289. The molecule has 20 heavy (non-hydrogen) atoms. The van der Waals surface area contributed by atoms with Crippen molar-refractivity contribution < 1.29 is 14.3 Å². The Morgan fingerprint density at radius 1 is 1.50 bits per heavy atom. The molecule has 1 heterocycles. The van der Waals surface area contributed by atoms with Crippen LogP contribution in [0.5, 0.6) is 11.5 Å². The summed E-state index contributed by atoms with van der Waals surface area (Å²) in [5.74, 6) is 2.58. The number of hydrogen-bond donors (Lipinski definition) is 0. The van der Waals surface area contributed by atoms with Crippen LogP contribution in [0.15, 0.2) is 12.1 Å². The summed E-state index contributed by atoms with van der Waals surface area (Å²) in [4.78, 5) is 12.4. The molecule has 3 atom stereocenters. The highest BCUT2D eigenvalue weighted by atomic mass is 16.5. The first kappa shape index (κ1) is 12.2. The fourth-order valence-corrected chi connectivity index (χ4v) is 4.65. The highest BCUT2D eigenvalue weighted by Crippen LogP contribution is 2.61. The van der Waals surface area contributed by atoms with E-state index in [4.69, 9.17) is 9.47 Å². The zero-order chi connectivity index (χ0) is 13.9. The molecule has 1 aliphatic heterocycles. The number of fused-ring (bicyclic) bond motifs is 1. The maximum atomic E-state index is 12.4. The summed E-state index contributed by atoms with van der Waals surface area (Å²) in [5.41, 5.74) is 2.60. The van der Waals surface area contributed by atoms with Crippen molar-refractivity contribution in [2.24, 2.45) is 5.92 Å². The summed E-state index contributed by atoms with van der Waals surface area (Å²) in [7, 11) is 1.67. The summed E-state index contributed by atoms with van der Waals surface area (Å²) in [6, 6.07) is 4.16. The molecule has 0 aromatic heterocycles. The summed E-state index contributed by atoms with van der Waals surface area (Å²) in [6.07, 6.45) is 4.79. The lowest BCUT2D eigenvalue weighted by atomic mass is 9.68. The largest absolute Gasteiger partial charge is 0.493 e. The van der Waals surface area contributed by atoms with Crippen LogP contribution >= 0.6 is 0 Å². The Bertz CT molecular complexity index is 592. The van der Waals surface area contributed by atoms with Crippen molar-refractivity contribution >= 4 is 5.78 Å². The fraction of sp³-hybridized carbons (Fsp3) is 0.588. The molecule has 3 nitrogen and oxygen atoms in total. The quantitative estimate of drug-likeness (QED) is 0.848. The zero-order valence-corrected chi connectivity index (χ0v) is 12.1. The van der Waals surface area contributed by atoms with Crippen molar-refractivity contribution in [1.82, 2.24) is 0 Å². The van der Waals surface area contributed by atoms with Gasteiger partial charge in [-0.15, -0.1) is 0 Å². The van der Waals surface area contributed by atoms with Crippen molar-refractivity contribution in [2.45, 2.75) is 50.5 Å². The molecule has 0 radical (unpaired) electrons. The van der Waals surface area contributed by atoms with E-state index in [1.165, 1.54) is 17.5 Å². The smallest absolute Gasteiger partial charge is 0.173 e. The van der Waals surface area contributed by atoms with Crippen molar-refractivity contribution in [3.05, 3.63) is 23.3 Å². The summed E-state index contributed by atoms with van der Waals surface area (Å²) in [6.45, 7) is 1.93. The standard InChI is InChI=1S/C17H20O3/c1-3-12(18)16-17-7-6-10(9-17)8-11-4-5-13(19-2)15(20-16)14(11)17/h4-5,10,16H,3,6-9H2,1-2H3. The molecule has 0 amide bonds. The van der Waals surface area contributed by atoms with Gasteiger partial charge in [0.25, 0.3) is 0 Å². The molecule has 2 bridgehead atoms. The van der Waals surface area contributed by atoms with Gasteiger partial charge in [0, 0.05) is 17.4 Å². The minimum Gasteiger partial charge on any atom is -0.493 e. The third-order valence-electron chi connectivity index (χ3n) is 5.46. The topological polar surface area (TPSA) is 35.5 Å². The van der Waals surface area contributed by atoms with Crippen molar-refractivity contribution in [3.63, 3.8) is 0 Å². The lowest BCUT2D eigenvalue weighted by Gasteiger charge is -2.33. The van der Waals surface area contributed by atoms with Crippen molar-refractivity contribution in [1.29, 1.82) is 0 Å². The van der Waals surface area contributed by atoms with Gasteiger partial charge in [-0.1, -0.05) is 13.0 Å². The Morgan fingerprint density at radius 2 is 2.35 bits per heavy atom. The number of rotatable bonds is 3. The van der Waals surface area contributed by atoms with Gasteiger partial charge in [-0.3, -0.25) is 4.79 Å². The van der Waals surface area contributed by atoms with E-state index >= 15 is 0 Å². The van der Waals surface area contributed by atoms with E-state index in [0.717, 1.165) is 36.7 Å². The number of ketones is 1. The maximum Gasteiger partial charge on any atom is 0.173 e. The maximum absolute atomic E-state index is 12.4. The fourth-order valence-electron chi connectivity index (χ4n) is 4.65. The van der Waals surface area contributed by atoms with Crippen LogP contribution in [0.2, 0.25) is 0 Å². The predicted octanol–water partition coefficient (Wildman–Crippen LogP) is 3.03. The molecule has 3 unspecified atom stereocenters. The monoisotopic (exact) mass is 272 g/mol. The van der Waals surface area contributed by atoms with E-state index in [-0.39, 0.29) is 17.3 Å². The van der Waals surface area contributed by atoms with Crippen LogP contribution in [-0.4, -0.2) is 19.0 Å². The molecular weight excluding hydrogens is 252 g/mol. The highest BCUT2D eigenvalue weighted by Gasteiger charge is 2.59. The van der Waals surface area contributed by atoms with E-state index in [2.05, 4.69) is 6.07 Å². The van der Waals surface area contributed by atoms with E-state index in [1.807, 2.05) is 13.0 Å². The molecule has 3 aliphatic rings. The van der Waals surface area contributed by atoms with Crippen LogP contribution in [0.4, 0.5) is 0 Å². The van der Waals surface area contributed by atoms with Gasteiger partial charge in [0.2, 0.25) is 0 Å². The molecule has 1 aromatic carbocycles. The van der Waals surface area contributed by atoms with Gasteiger partial charge in [0.05, 0.1) is 7.11 Å². The summed E-state index contributed by atoms with van der Waals surface area (Å²) < 4.78 is 11.6. The molecule has 1 aromatic rings. The van der Waals surface area contributed by atoms with E-state index in [1.54, 1.807) is 7.11 Å². The van der Waals surface area contributed by atoms with Gasteiger partial charge in [-0.2, -0.15) is 0 Å². The first-order chi connectivity index (χ1) is 9.69. The molecular formula is C17H20O3. The van der Waals surface area contributed by atoms with Crippen molar-refractivity contribution in [2.75, 3.05) is 7.11 Å². The Labute approximate surface area is 119 Å². The third-order valence-corrected chi connectivity index (χ3v) is 5.46. The first-order valence-corrected chi connectivity index (χ1v) is 7.59. The van der Waals surface area contributed by atoms with Crippen LogP contribution in [0.25, 0.3) is 0 Å². The van der Waals surface area contributed by atoms with E-state index < -0.39 is 0 Å². The number of carbonyl (C=O) groups is 1. The second kappa shape index (κ2) is 4.00. The van der Waals surface area contributed by atoms with Gasteiger partial charge in [0.15, 0.2) is 23.4 Å².